The van der Waals surface area contributed by atoms with Gasteiger partial charge in [0.05, 0.1) is 25.4 Å². The fraction of sp³-hybridized carbons (Fsp3) is 0.289. The summed E-state index contributed by atoms with van der Waals surface area (Å²) in [6.45, 7) is 12.8. The molecule has 0 saturated carbocycles. The van der Waals surface area contributed by atoms with E-state index in [0.717, 1.165) is 37.7 Å². The Labute approximate surface area is 296 Å². The van der Waals surface area contributed by atoms with E-state index < -0.39 is 18.5 Å². The number of carbonyl (C=O) groups excluding carboxylic acids is 2. The van der Waals surface area contributed by atoms with E-state index in [2.05, 4.69) is 118 Å². The number of benzene rings is 5. The number of hydrogen-bond acceptors (Lipinski definition) is 5. The van der Waals surface area contributed by atoms with Gasteiger partial charge in [-0.2, -0.15) is 0 Å². The first-order valence-corrected chi connectivity index (χ1v) is 17.6. The maximum absolute atomic E-state index is 12.1. The summed E-state index contributed by atoms with van der Waals surface area (Å²) in [5, 5.41) is 14.2. The highest BCUT2D eigenvalue weighted by Crippen LogP contribution is 2.29. The molecular formula is C45H48O5. The molecule has 0 fully saturated rings. The van der Waals surface area contributed by atoms with Gasteiger partial charge in [0.25, 0.3) is 0 Å². The zero-order valence-corrected chi connectivity index (χ0v) is 29.6. The molecule has 1 N–H and O–H groups in total. The van der Waals surface area contributed by atoms with E-state index in [1.165, 1.54) is 54.9 Å². The lowest BCUT2D eigenvalue weighted by Crippen LogP contribution is -2.24. The molecule has 0 radical (unpaired) electrons. The first kappa shape index (κ1) is 36.3. The molecule has 0 aliphatic heterocycles. The van der Waals surface area contributed by atoms with Crippen molar-refractivity contribution in [2.75, 3.05) is 19.8 Å². The number of fused-ring (bicyclic) bond motifs is 2. The van der Waals surface area contributed by atoms with E-state index in [4.69, 9.17) is 9.47 Å². The van der Waals surface area contributed by atoms with Crippen molar-refractivity contribution in [1.82, 2.24) is 0 Å². The molecule has 1 unspecified atom stereocenters. The van der Waals surface area contributed by atoms with Crippen molar-refractivity contribution >= 4 is 33.5 Å². The lowest BCUT2D eigenvalue weighted by atomic mass is 9.92. The summed E-state index contributed by atoms with van der Waals surface area (Å²) < 4.78 is 10.8. The lowest BCUT2D eigenvalue weighted by molar-refractivity contribution is -0.144. The van der Waals surface area contributed by atoms with Gasteiger partial charge in [0.1, 0.15) is 0 Å². The molecule has 0 aliphatic carbocycles. The number of aliphatic hydroxyl groups is 1. The number of hydrogen-bond donors (Lipinski definition) is 1. The SMILES string of the molecule is C=C(C)C(=O)OCC(COC(=O)C(=C)CO)Cc1ccc(CCc2ccc3cc(-c4ccc5cc(CCC)ccc5c4)ccc3c2)c(CC)c1. The van der Waals surface area contributed by atoms with Crippen LogP contribution in [0.4, 0.5) is 0 Å². The van der Waals surface area contributed by atoms with Crippen LogP contribution in [0.3, 0.4) is 0 Å². The Morgan fingerprint density at radius 1 is 0.640 bits per heavy atom. The van der Waals surface area contributed by atoms with Gasteiger partial charge in [-0.05, 0) is 112 Å². The monoisotopic (exact) mass is 668 g/mol. The molecule has 50 heavy (non-hydrogen) atoms. The van der Waals surface area contributed by atoms with Gasteiger partial charge in [0.2, 0.25) is 0 Å². The van der Waals surface area contributed by atoms with Crippen molar-refractivity contribution in [1.29, 1.82) is 0 Å². The minimum Gasteiger partial charge on any atom is -0.462 e. The molecule has 5 nitrogen and oxygen atoms in total. The van der Waals surface area contributed by atoms with Crippen LogP contribution in [0.1, 0.15) is 55.0 Å². The third-order valence-electron chi connectivity index (χ3n) is 9.27. The second kappa shape index (κ2) is 17.1. The van der Waals surface area contributed by atoms with Crippen molar-refractivity contribution < 1.29 is 24.2 Å². The summed E-state index contributed by atoms with van der Waals surface area (Å²) in [4.78, 5) is 24.2. The number of aryl methyl sites for hydroxylation is 4. The zero-order valence-electron chi connectivity index (χ0n) is 29.6. The quantitative estimate of drug-likeness (QED) is 0.0838. The topological polar surface area (TPSA) is 72.8 Å². The first-order chi connectivity index (χ1) is 24.2. The normalized spacial score (nSPS) is 11.8. The van der Waals surface area contributed by atoms with Gasteiger partial charge in [0.15, 0.2) is 0 Å². The maximum atomic E-state index is 12.1. The molecule has 0 saturated heterocycles. The highest BCUT2D eigenvalue weighted by atomic mass is 16.5. The summed E-state index contributed by atoms with van der Waals surface area (Å²) in [5.74, 6) is -1.40. The minimum atomic E-state index is -0.659. The van der Waals surface area contributed by atoms with E-state index in [9.17, 15) is 14.7 Å². The van der Waals surface area contributed by atoms with Crippen molar-refractivity contribution in [2.24, 2.45) is 5.92 Å². The summed E-state index contributed by atoms with van der Waals surface area (Å²) in [5.41, 5.74) is 9.10. The Kier molecular flexibility index (Phi) is 12.4. The molecule has 0 bridgehead atoms. The lowest BCUT2D eigenvalue weighted by Gasteiger charge is -2.19. The fourth-order valence-electron chi connectivity index (χ4n) is 6.38. The van der Waals surface area contributed by atoms with E-state index in [1.54, 1.807) is 6.92 Å². The Morgan fingerprint density at radius 2 is 1.18 bits per heavy atom. The van der Waals surface area contributed by atoms with Gasteiger partial charge in [0, 0.05) is 11.5 Å². The largest absolute Gasteiger partial charge is 0.462 e. The van der Waals surface area contributed by atoms with Crippen LogP contribution < -0.4 is 0 Å². The molecule has 5 aromatic rings. The van der Waals surface area contributed by atoms with Crippen LogP contribution in [0.15, 0.2) is 115 Å². The number of rotatable bonds is 16. The van der Waals surface area contributed by atoms with E-state index in [0.29, 0.717) is 12.0 Å². The molecule has 5 rings (SSSR count). The van der Waals surface area contributed by atoms with Crippen LogP contribution in [0.5, 0.6) is 0 Å². The van der Waals surface area contributed by atoms with Crippen LogP contribution in [-0.4, -0.2) is 36.9 Å². The van der Waals surface area contributed by atoms with Crippen molar-refractivity contribution in [3.05, 3.63) is 143 Å². The average Bonchev–Trinajstić information content (AvgIpc) is 3.14. The third kappa shape index (κ3) is 9.36. The number of esters is 2. The van der Waals surface area contributed by atoms with Crippen molar-refractivity contribution in [3.8, 4) is 11.1 Å². The number of aliphatic hydroxyl groups excluding tert-OH is 1. The highest BCUT2D eigenvalue weighted by molar-refractivity contribution is 5.92. The first-order valence-electron chi connectivity index (χ1n) is 17.6. The molecule has 0 aromatic heterocycles. The van der Waals surface area contributed by atoms with Gasteiger partial charge in [-0.25, -0.2) is 9.59 Å². The standard InChI is InChI=1S/C45H48O5/c1-6-8-32-10-15-40-25-42(19-17-38(40)22-32)43-20-18-39-23-33(11-16-41(39)26-43)9-13-37-14-12-34(24-36(37)7-2)21-35(28-49-44(47)30(3)4)29-50-45(48)31(5)27-46/h10-12,14-20,22-26,35,46H,3,5-9,13,21,27-29H2,1-2,4H3. The van der Waals surface area contributed by atoms with Crippen LogP contribution in [0.2, 0.25) is 0 Å². The second-order valence-electron chi connectivity index (χ2n) is 13.3. The third-order valence-corrected chi connectivity index (χ3v) is 9.27. The highest BCUT2D eigenvalue weighted by Gasteiger charge is 2.18. The van der Waals surface area contributed by atoms with Crippen LogP contribution in [0, 0.1) is 5.92 Å². The van der Waals surface area contributed by atoms with E-state index in [1.807, 2.05) is 0 Å². The van der Waals surface area contributed by atoms with Crippen LogP contribution >= 0.6 is 0 Å². The van der Waals surface area contributed by atoms with E-state index >= 15 is 0 Å². The zero-order chi connectivity index (χ0) is 35.6. The number of ether oxygens (including phenoxy) is 2. The summed E-state index contributed by atoms with van der Waals surface area (Å²) in [6.07, 6.45) is 5.56. The summed E-state index contributed by atoms with van der Waals surface area (Å²) >= 11 is 0. The molecule has 1 atom stereocenters. The van der Waals surface area contributed by atoms with Crippen LogP contribution in [-0.2, 0) is 51.2 Å². The smallest absolute Gasteiger partial charge is 0.335 e. The second-order valence-corrected chi connectivity index (χ2v) is 13.3. The predicted molar refractivity (Wildman–Crippen MR) is 204 cm³/mol. The summed E-state index contributed by atoms with van der Waals surface area (Å²) in [7, 11) is 0. The van der Waals surface area contributed by atoms with Crippen molar-refractivity contribution in [2.45, 2.75) is 59.3 Å². The molecule has 0 spiro atoms. The Balaban J connectivity index is 1.25. The fourth-order valence-corrected chi connectivity index (χ4v) is 6.38. The molecule has 258 valence electrons. The van der Waals surface area contributed by atoms with Gasteiger partial charge >= 0.3 is 11.9 Å². The Bertz CT molecular complexity index is 2020. The van der Waals surface area contributed by atoms with Gasteiger partial charge in [-0.3, -0.25) is 0 Å². The van der Waals surface area contributed by atoms with Gasteiger partial charge in [-0.15, -0.1) is 0 Å². The molecule has 0 aliphatic rings. The van der Waals surface area contributed by atoms with E-state index in [-0.39, 0.29) is 24.7 Å². The van der Waals surface area contributed by atoms with Crippen LogP contribution in [0.25, 0.3) is 32.7 Å². The minimum absolute atomic E-state index is 0.0156. The Hall–Kier alpha value is -5.00. The van der Waals surface area contributed by atoms with Crippen molar-refractivity contribution in [3.63, 3.8) is 0 Å². The molecule has 5 aromatic carbocycles. The number of carbonyl (C=O) groups is 2. The molecule has 0 heterocycles. The maximum Gasteiger partial charge on any atom is 0.335 e. The average molecular weight is 669 g/mol. The van der Waals surface area contributed by atoms with Gasteiger partial charge in [-0.1, -0.05) is 112 Å². The predicted octanol–water partition coefficient (Wildman–Crippen LogP) is 9.33. The molecule has 0 amide bonds. The van der Waals surface area contributed by atoms with Gasteiger partial charge < -0.3 is 14.6 Å². The Morgan fingerprint density at radius 3 is 1.74 bits per heavy atom. The molecule has 5 heteroatoms. The molecular weight excluding hydrogens is 620 g/mol. The summed E-state index contributed by atoms with van der Waals surface area (Å²) in [6, 6.07) is 33.6.